The second kappa shape index (κ2) is 9.00. The molecule has 1 N–H and O–H groups in total. The normalized spacial score (nSPS) is 18.8. The summed E-state index contributed by atoms with van der Waals surface area (Å²) >= 11 is 0. The number of rotatable bonds is 9. The lowest BCUT2D eigenvalue weighted by atomic mass is 9.94. The summed E-state index contributed by atoms with van der Waals surface area (Å²) in [6.45, 7) is 8.79. The summed E-state index contributed by atoms with van der Waals surface area (Å²) in [5.74, 6) is 1.05. The molecule has 1 heterocycles. The quantitative estimate of drug-likeness (QED) is 0.666. The molecular weight excluding hydrogens is 272 g/mol. The highest BCUT2D eigenvalue weighted by molar-refractivity contribution is 7.89. The number of nitrogens with one attached hydrogen (secondary N) is 1. The van der Waals surface area contributed by atoms with Gasteiger partial charge in [-0.3, -0.25) is 0 Å². The molecule has 1 saturated heterocycles. The molecule has 0 aromatic rings. The Labute approximate surface area is 125 Å². The van der Waals surface area contributed by atoms with E-state index in [-0.39, 0.29) is 0 Å². The summed E-state index contributed by atoms with van der Waals surface area (Å²) in [4.78, 5) is 0. The summed E-state index contributed by atoms with van der Waals surface area (Å²) in [6, 6.07) is 0.476. The topological polar surface area (TPSA) is 49.4 Å². The van der Waals surface area contributed by atoms with E-state index >= 15 is 0 Å². The Morgan fingerprint density at radius 3 is 2.40 bits per heavy atom. The summed E-state index contributed by atoms with van der Waals surface area (Å²) in [7, 11) is -3.02. The Balaban J connectivity index is 2.24. The lowest BCUT2D eigenvalue weighted by Crippen LogP contribution is -2.39. The Morgan fingerprint density at radius 2 is 1.85 bits per heavy atom. The predicted molar refractivity (Wildman–Crippen MR) is 85.4 cm³/mol. The van der Waals surface area contributed by atoms with E-state index in [9.17, 15) is 8.42 Å². The van der Waals surface area contributed by atoms with Gasteiger partial charge < -0.3 is 5.32 Å². The average Bonchev–Trinajstić information content (AvgIpc) is 2.39. The fourth-order valence-corrected chi connectivity index (χ4v) is 4.41. The maximum Gasteiger partial charge on any atom is 0.214 e. The van der Waals surface area contributed by atoms with Gasteiger partial charge in [0.15, 0.2) is 0 Å². The first kappa shape index (κ1) is 17.9. The number of nitrogens with zero attached hydrogens (tertiary/aromatic N) is 1. The van der Waals surface area contributed by atoms with Crippen LogP contribution in [0.3, 0.4) is 0 Å². The summed E-state index contributed by atoms with van der Waals surface area (Å²) < 4.78 is 26.2. The average molecular weight is 305 g/mol. The van der Waals surface area contributed by atoms with Gasteiger partial charge in [0.2, 0.25) is 10.0 Å². The minimum absolute atomic E-state index is 0.311. The number of piperidine rings is 1. The van der Waals surface area contributed by atoms with E-state index in [0.29, 0.717) is 11.8 Å². The van der Waals surface area contributed by atoms with Crippen molar-refractivity contribution < 1.29 is 8.42 Å². The van der Waals surface area contributed by atoms with E-state index in [2.05, 4.69) is 26.1 Å². The number of unbranched alkanes of at least 4 members (excludes halogenated alkanes) is 1. The van der Waals surface area contributed by atoms with Gasteiger partial charge in [0.05, 0.1) is 5.75 Å². The van der Waals surface area contributed by atoms with Crippen molar-refractivity contribution in [3.05, 3.63) is 0 Å². The molecule has 0 aliphatic carbocycles. The van der Waals surface area contributed by atoms with E-state index in [1.54, 1.807) is 4.31 Å². The fraction of sp³-hybridized carbons (Fsp3) is 1.00. The second-order valence-electron chi connectivity index (χ2n) is 6.26. The molecule has 0 bridgehead atoms. The van der Waals surface area contributed by atoms with Crippen LogP contribution in [0.15, 0.2) is 0 Å². The molecule has 0 unspecified atom stereocenters. The molecule has 20 heavy (non-hydrogen) atoms. The van der Waals surface area contributed by atoms with Crippen molar-refractivity contribution >= 4 is 10.0 Å². The molecule has 4 nitrogen and oxygen atoms in total. The maximum absolute atomic E-state index is 12.3. The van der Waals surface area contributed by atoms with E-state index in [1.165, 1.54) is 12.8 Å². The first-order valence-corrected chi connectivity index (χ1v) is 9.77. The predicted octanol–water partition coefficient (Wildman–Crippen LogP) is 2.61. The van der Waals surface area contributed by atoms with Crippen molar-refractivity contribution in [2.45, 2.75) is 65.3 Å². The van der Waals surface area contributed by atoms with Crippen LogP contribution in [0, 0.1) is 5.92 Å². The second-order valence-corrected chi connectivity index (χ2v) is 8.35. The highest BCUT2D eigenvalue weighted by atomic mass is 32.2. The highest BCUT2D eigenvalue weighted by Crippen LogP contribution is 2.23. The van der Waals surface area contributed by atoms with Gasteiger partial charge >= 0.3 is 0 Å². The molecule has 1 rings (SSSR count). The maximum atomic E-state index is 12.3. The smallest absolute Gasteiger partial charge is 0.214 e. The summed E-state index contributed by atoms with van der Waals surface area (Å²) in [6.07, 6.45) is 6.24. The molecule has 0 saturated carbocycles. The summed E-state index contributed by atoms with van der Waals surface area (Å²) in [5, 5.41) is 3.32. The van der Waals surface area contributed by atoms with Crippen LogP contribution in [0.5, 0.6) is 0 Å². The molecule has 0 amide bonds. The van der Waals surface area contributed by atoms with Gasteiger partial charge in [-0.1, -0.05) is 33.6 Å². The molecule has 5 heteroatoms. The SMILES string of the molecule is CCCC1CCN(S(=O)(=O)CCCCNC(C)C)CC1. The van der Waals surface area contributed by atoms with Crippen molar-refractivity contribution in [2.24, 2.45) is 5.92 Å². The van der Waals surface area contributed by atoms with Crippen LogP contribution in [0.2, 0.25) is 0 Å². The number of sulfonamides is 1. The molecule has 0 spiro atoms. The lowest BCUT2D eigenvalue weighted by Gasteiger charge is -2.31. The van der Waals surface area contributed by atoms with Crippen LogP contribution < -0.4 is 5.32 Å². The Kier molecular flexibility index (Phi) is 8.07. The third-order valence-electron chi connectivity index (χ3n) is 4.05. The first-order valence-electron chi connectivity index (χ1n) is 8.17. The zero-order valence-electron chi connectivity index (χ0n) is 13.4. The van der Waals surface area contributed by atoms with Gasteiger partial charge in [-0.25, -0.2) is 12.7 Å². The van der Waals surface area contributed by atoms with Crippen LogP contribution in [-0.4, -0.2) is 44.2 Å². The molecular formula is C15H32N2O2S. The minimum Gasteiger partial charge on any atom is -0.315 e. The zero-order chi connectivity index (χ0) is 15.0. The number of hydrogen-bond acceptors (Lipinski definition) is 3. The van der Waals surface area contributed by atoms with E-state index in [1.807, 2.05) is 0 Å². The third kappa shape index (κ3) is 6.55. The standard InChI is InChI=1S/C15H32N2O2S/c1-4-7-15-8-11-17(12-9-15)20(18,19)13-6-5-10-16-14(2)3/h14-16H,4-13H2,1-3H3. The third-order valence-corrected chi connectivity index (χ3v) is 6.00. The van der Waals surface area contributed by atoms with E-state index < -0.39 is 10.0 Å². The molecule has 0 atom stereocenters. The lowest BCUT2D eigenvalue weighted by molar-refractivity contribution is 0.262. The summed E-state index contributed by atoms with van der Waals surface area (Å²) in [5.41, 5.74) is 0. The molecule has 0 aromatic heterocycles. The Bertz CT molecular complexity index is 347. The Morgan fingerprint density at radius 1 is 1.20 bits per heavy atom. The largest absolute Gasteiger partial charge is 0.315 e. The molecule has 0 aromatic carbocycles. The van der Waals surface area contributed by atoms with Crippen LogP contribution in [0.25, 0.3) is 0 Å². The number of hydrogen-bond donors (Lipinski definition) is 1. The van der Waals surface area contributed by atoms with E-state index in [0.717, 1.165) is 51.2 Å². The van der Waals surface area contributed by atoms with Crippen molar-refractivity contribution in [1.29, 1.82) is 0 Å². The van der Waals surface area contributed by atoms with Gasteiger partial charge in [0, 0.05) is 19.1 Å². The molecule has 1 aliphatic heterocycles. The van der Waals surface area contributed by atoms with E-state index in [4.69, 9.17) is 0 Å². The molecule has 120 valence electrons. The first-order chi connectivity index (χ1) is 9.45. The van der Waals surface area contributed by atoms with Gasteiger partial charge in [0.1, 0.15) is 0 Å². The van der Waals surface area contributed by atoms with Gasteiger partial charge in [-0.05, 0) is 38.1 Å². The van der Waals surface area contributed by atoms with Crippen LogP contribution >= 0.6 is 0 Å². The molecule has 0 radical (unpaired) electrons. The fourth-order valence-electron chi connectivity index (χ4n) is 2.81. The van der Waals surface area contributed by atoms with Crippen molar-refractivity contribution in [1.82, 2.24) is 9.62 Å². The van der Waals surface area contributed by atoms with Crippen molar-refractivity contribution in [3.8, 4) is 0 Å². The van der Waals surface area contributed by atoms with Crippen molar-refractivity contribution in [3.63, 3.8) is 0 Å². The molecule has 1 aliphatic rings. The highest BCUT2D eigenvalue weighted by Gasteiger charge is 2.26. The van der Waals surface area contributed by atoms with Crippen LogP contribution in [-0.2, 0) is 10.0 Å². The van der Waals surface area contributed by atoms with Gasteiger partial charge in [-0.15, -0.1) is 0 Å². The van der Waals surface area contributed by atoms with Crippen molar-refractivity contribution in [2.75, 3.05) is 25.4 Å². The van der Waals surface area contributed by atoms with Crippen LogP contribution in [0.4, 0.5) is 0 Å². The van der Waals surface area contributed by atoms with Crippen LogP contribution in [0.1, 0.15) is 59.3 Å². The zero-order valence-corrected chi connectivity index (χ0v) is 14.2. The van der Waals surface area contributed by atoms with Gasteiger partial charge in [0.25, 0.3) is 0 Å². The Hall–Kier alpha value is -0.130. The molecule has 1 fully saturated rings. The monoisotopic (exact) mass is 304 g/mol. The minimum atomic E-state index is -3.02. The van der Waals surface area contributed by atoms with Gasteiger partial charge in [-0.2, -0.15) is 0 Å².